The maximum Gasteiger partial charge on any atom is 0.182 e. The molecule has 0 aliphatic heterocycles. The SMILES string of the molecule is c1ccc(-c2nc(-c3ccccc3)nc(-c3ccc4ccc5ccc(-c6ccccc6-c6ccccc6)nc5c4n3)n2)cc1. The molecule has 44 heavy (non-hydrogen) atoms. The normalized spacial score (nSPS) is 11.2. The Balaban J connectivity index is 1.31. The minimum Gasteiger partial charge on any atom is -0.245 e. The lowest BCUT2D eigenvalue weighted by Gasteiger charge is -2.12. The Morgan fingerprint density at radius 2 is 0.682 bits per heavy atom. The van der Waals surface area contributed by atoms with Gasteiger partial charge in [0.05, 0.1) is 16.7 Å². The van der Waals surface area contributed by atoms with Gasteiger partial charge in [0.2, 0.25) is 0 Å². The first kappa shape index (κ1) is 25.6. The van der Waals surface area contributed by atoms with Crippen LogP contribution in [0, 0.1) is 0 Å². The van der Waals surface area contributed by atoms with E-state index >= 15 is 0 Å². The summed E-state index contributed by atoms with van der Waals surface area (Å²) in [6.07, 6.45) is 0. The fourth-order valence-electron chi connectivity index (χ4n) is 5.54. The number of benzene rings is 5. The third-order valence-electron chi connectivity index (χ3n) is 7.74. The molecule has 5 nitrogen and oxygen atoms in total. The molecule has 0 fully saturated rings. The van der Waals surface area contributed by atoms with Gasteiger partial charge in [-0.05, 0) is 23.3 Å². The standard InChI is InChI=1S/C39H25N5/c1-4-12-26(13-5-1)31-18-10-11-19-32(31)33-24-22-27-20-21-28-23-25-34(41-36(28)35(27)40-33)39-43-37(29-14-6-2-7-15-29)42-38(44-39)30-16-8-3-9-17-30/h1-25H. The Morgan fingerprint density at radius 1 is 0.273 bits per heavy atom. The molecule has 0 amide bonds. The quantitative estimate of drug-likeness (QED) is 0.195. The summed E-state index contributed by atoms with van der Waals surface area (Å²) in [7, 11) is 0. The van der Waals surface area contributed by atoms with E-state index in [1.54, 1.807) is 0 Å². The first-order valence-electron chi connectivity index (χ1n) is 14.5. The second-order valence-corrected chi connectivity index (χ2v) is 10.6. The van der Waals surface area contributed by atoms with Crippen LogP contribution >= 0.6 is 0 Å². The molecule has 0 saturated carbocycles. The lowest BCUT2D eigenvalue weighted by Crippen LogP contribution is -2.01. The van der Waals surface area contributed by atoms with E-state index in [1.807, 2.05) is 72.8 Å². The molecule has 0 radical (unpaired) electrons. The molecule has 8 aromatic rings. The van der Waals surface area contributed by atoms with E-state index in [9.17, 15) is 0 Å². The number of pyridine rings is 2. The number of hydrogen-bond acceptors (Lipinski definition) is 5. The fourth-order valence-corrected chi connectivity index (χ4v) is 5.54. The van der Waals surface area contributed by atoms with Crippen molar-refractivity contribution in [2.45, 2.75) is 0 Å². The maximum atomic E-state index is 5.21. The van der Waals surface area contributed by atoms with E-state index in [2.05, 4.69) is 78.9 Å². The van der Waals surface area contributed by atoms with Crippen molar-refractivity contribution in [3.05, 3.63) is 152 Å². The van der Waals surface area contributed by atoms with E-state index in [4.69, 9.17) is 24.9 Å². The maximum absolute atomic E-state index is 5.21. The molecule has 3 heterocycles. The number of rotatable bonds is 5. The molecule has 206 valence electrons. The van der Waals surface area contributed by atoms with Crippen molar-refractivity contribution in [1.82, 2.24) is 24.9 Å². The van der Waals surface area contributed by atoms with E-state index in [-0.39, 0.29) is 0 Å². The number of aromatic nitrogens is 5. The van der Waals surface area contributed by atoms with Gasteiger partial charge in [0, 0.05) is 27.5 Å². The lowest BCUT2D eigenvalue weighted by molar-refractivity contribution is 1.06. The van der Waals surface area contributed by atoms with Crippen molar-refractivity contribution in [3.8, 4) is 56.7 Å². The molecular formula is C39H25N5. The predicted molar refractivity (Wildman–Crippen MR) is 178 cm³/mol. The minimum atomic E-state index is 0.516. The highest BCUT2D eigenvalue weighted by atomic mass is 15.0. The Labute approximate surface area is 254 Å². The predicted octanol–water partition coefficient (Wildman–Crippen LogP) is 9.30. The van der Waals surface area contributed by atoms with Crippen LogP contribution in [0.3, 0.4) is 0 Å². The monoisotopic (exact) mass is 563 g/mol. The van der Waals surface area contributed by atoms with Gasteiger partial charge in [-0.15, -0.1) is 0 Å². The van der Waals surface area contributed by atoms with Crippen LogP contribution in [0.5, 0.6) is 0 Å². The van der Waals surface area contributed by atoms with Crippen LogP contribution in [-0.2, 0) is 0 Å². The molecule has 0 unspecified atom stereocenters. The molecule has 0 bridgehead atoms. The van der Waals surface area contributed by atoms with Crippen LogP contribution in [0.2, 0.25) is 0 Å². The number of nitrogens with zero attached hydrogens (tertiary/aromatic N) is 5. The van der Waals surface area contributed by atoms with Crippen molar-refractivity contribution in [1.29, 1.82) is 0 Å². The zero-order valence-corrected chi connectivity index (χ0v) is 23.7. The highest BCUT2D eigenvalue weighted by Gasteiger charge is 2.15. The number of fused-ring (bicyclic) bond motifs is 3. The topological polar surface area (TPSA) is 64.5 Å². The molecule has 5 aromatic carbocycles. The van der Waals surface area contributed by atoms with Crippen LogP contribution in [0.25, 0.3) is 78.5 Å². The molecule has 0 atom stereocenters. The Hall–Kier alpha value is -6.07. The molecule has 0 aliphatic rings. The summed E-state index contributed by atoms with van der Waals surface area (Å²) in [6.45, 7) is 0. The van der Waals surface area contributed by atoms with E-state index in [1.165, 1.54) is 0 Å². The second-order valence-electron chi connectivity index (χ2n) is 10.6. The van der Waals surface area contributed by atoms with Crippen molar-refractivity contribution < 1.29 is 0 Å². The Bertz CT molecular complexity index is 2210. The zero-order chi connectivity index (χ0) is 29.3. The van der Waals surface area contributed by atoms with Crippen molar-refractivity contribution in [3.63, 3.8) is 0 Å². The summed E-state index contributed by atoms with van der Waals surface area (Å²) in [4.78, 5) is 25.0. The van der Waals surface area contributed by atoms with Gasteiger partial charge in [-0.1, -0.05) is 140 Å². The average molecular weight is 564 g/mol. The van der Waals surface area contributed by atoms with Gasteiger partial charge in [0.15, 0.2) is 17.5 Å². The van der Waals surface area contributed by atoms with Crippen LogP contribution in [-0.4, -0.2) is 24.9 Å². The summed E-state index contributed by atoms with van der Waals surface area (Å²) in [5, 5.41) is 2.02. The van der Waals surface area contributed by atoms with Gasteiger partial charge >= 0.3 is 0 Å². The largest absolute Gasteiger partial charge is 0.245 e. The Morgan fingerprint density at radius 3 is 1.25 bits per heavy atom. The minimum absolute atomic E-state index is 0.516. The van der Waals surface area contributed by atoms with Gasteiger partial charge in [-0.2, -0.15) is 0 Å². The van der Waals surface area contributed by atoms with E-state index in [0.717, 1.165) is 55.3 Å². The van der Waals surface area contributed by atoms with Crippen LogP contribution in [0.15, 0.2) is 152 Å². The summed E-state index contributed by atoms with van der Waals surface area (Å²) >= 11 is 0. The van der Waals surface area contributed by atoms with Gasteiger partial charge in [-0.25, -0.2) is 24.9 Å². The highest BCUT2D eigenvalue weighted by Crippen LogP contribution is 2.34. The summed E-state index contributed by atoms with van der Waals surface area (Å²) in [5.74, 6) is 1.72. The third-order valence-corrected chi connectivity index (χ3v) is 7.74. The number of hydrogen-bond donors (Lipinski definition) is 0. The summed E-state index contributed by atoms with van der Waals surface area (Å²) in [6, 6.07) is 51.2. The first-order valence-corrected chi connectivity index (χ1v) is 14.5. The van der Waals surface area contributed by atoms with Crippen LogP contribution < -0.4 is 0 Å². The Kier molecular flexibility index (Phi) is 6.39. The smallest absolute Gasteiger partial charge is 0.182 e. The molecule has 0 N–H and O–H groups in total. The molecule has 0 saturated heterocycles. The van der Waals surface area contributed by atoms with Gasteiger partial charge in [-0.3, -0.25) is 0 Å². The summed E-state index contributed by atoms with van der Waals surface area (Å²) < 4.78 is 0. The average Bonchev–Trinajstić information content (AvgIpc) is 3.12. The molecule has 0 spiro atoms. The molecule has 0 aliphatic carbocycles. The van der Waals surface area contributed by atoms with Crippen molar-refractivity contribution >= 4 is 21.8 Å². The van der Waals surface area contributed by atoms with E-state index < -0.39 is 0 Å². The molecule has 8 rings (SSSR count). The van der Waals surface area contributed by atoms with Crippen LogP contribution in [0.4, 0.5) is 0 Å². The van der Waals surface area contributed by atoms with E-state index in [0.29, 0.717) is 23.2 Å². The molecule has 3 aromatic heterocycles. The van der Waals surface area contributed by atoms with Crippen LogP contribution in [0.1, 0.15) is 0 Å². The van der Waals surface area contributed by atoms with Crippen molar-refractivity contribution in [2.75, 3.05) is 0 Å². The summed E-state index contributed by atoms with van der Waals surface area (Å²) in [5.41, 5.74) is 8.42. The van der Waals surface area contributed by atoms with Gasteiger partial charge < -0.3 is 0 Å². The fraction of sp³-hybridized carbons (Fsp3) is 0. The molecular weight excluding hydrogens is 538 g/mol. The van der Waals surface area contributed by atoms with Gasteiger partial charge in [0.25, 0.3) is 0 Å². The molecule has 5 heteroatoms. The lowest BCUT2D eigenvalue weighted by atomic mass is 9.97. The third kappa shape index (κ3) is 4.76. The van der Waals surface area contributed by atoms with Crippen molar-refractivity contribution in [2.24, 2.45) is 0 Å². The van der Waals surface area contributed by atoms with Gasteiger partial charge in [0.1, 0.15) is 5.69 Å². The highest BCUT2D eigenvalue weighted by molar-refractivity contribution is 6.04. The second kappa shape index (κ2) is 11.0. The first-order chi connectivity index (χ1) is 21.8. The zero-order valence-electron chi connectivity index (χ0n) is 23.7.